The molecule has 7 nitrogen and oxygen atoms in total. The maximum Gasteiger partial charge on any atom is 0.425 e. The first-order valence-electron chi connectivity index (χ1n) is 13.2. The molecular formula is C27H36F3N5O2. The summed E-state index contributed by atoms with van der Waals surface area (Å²) in [5.41, 5.74) is 2.75. The summed E-state index contributed by atoms with van der Waals surface area (Å²) in [5.74, 6) is 1.40. The van der Waals surface area contributed by atoms with Gasteiger partial charge in [0.05, 0.1) is 6.42 Å². The fourth-order valence-electron chi connectivity index (χ4n) is 5.08. The number of carbonyl (C=O) groups excluding carboxylic acids is 1. The van der Waals surface area contributed by atoms with Crippen molar-refractivity contribution in [2.75, 3.05) is 19.6 Å². The Balaban J connectivity index is 1.17. The molecule has 1 atom stereocenters. The molecule has 2 aromatic heterocycles. The molecule has 4 rings (SSSR count). The van der Waals surface area contributed by atoms with Crippen molar-refractivity contribution >= 4 is 5.91 Å². The molecule has 0 radical (unpaired) electrons. The summed E-state index contributed by atoms with van der Waals surface area (Å²) >= 11 is 0. The number of halogens is 3. The van der Waals surface area contributed by atoms with Gasteiger partial charge in [0, 0.05) is 49.7 Å². The van der Waals surface area contributed by atoms with E-state index in [-0.39, 0.29) is 17.8 Å². The number of fused-ring (bicyclic) bond motifs is 1. The lowest BCUT2D eigenvalue weighted by atomic mass is 9.84. The number of amides is 1. The Labute approximate surface area is 216 Å². The van der Waals surface area contributed by atoms with Crippen molar-refractivity contribution < 1.29 is 22.7 Å². The van der Waals surface area contributed by atoms with Crippen molar-refractivity contribution in [2.45, 2.75) is 83.5 Å². The highest BCUT2D eigenvalue weighted by molar-refractivity contribution is 5.78. The van der Waals surface area contributed by atoms with Crippen LogP contribution in [0.4, 0.5) is 13.2 Å². The minimum absolute atomic E-state index is 0.0232. The summed E-state index contributed by atoms with van der Waals surface area (Å²) in [7, 11) is 0. The first-order chi connectivity index (χ1) is 17.7. The molecule has 202 valence electrons. The van der Waals surface area contributed by atoms with Crippen molar-refractivity contribution in [1.82, 2.24) is 25.2 Å². The maximum absolute atomic E-state index is 12.8. The predicted octanol–water partition coefficient (Wildman–Crippen LogP) is 4.22. The third kappa shape index (κ3) is 8.12. The molecule has 1 aliphatic heterocycles. The average Bonchev–Trinajstić information content (AvgIpc) is 3.06. The quantitative estimate of drug-likeness (QED) is 0.563. The normalized spacial score (nSPS) is 21.5. The van der Waals surface area contributed by atoms with Crippen LogP contribution in [-0.4, -0.2) is 63.7 Å². The molecule has 0 saturated heterocycles. The van der Waals surface area contributed by atoms with Gasteiger partial charge in [-0.2, -0.15) is 13.2 Å². The number of nitrogens with one attached hydrogen (secondary N) is 1. The lowest BCUT2D eigenvalue weighted by Crippen LogP contribution is -2.39. The van der Waals surface area contributed by atoms with Gasteiger partial charge in [-0.15, -0.1) is 0 Å². The van der Waals surface area contributed by atoms with Crippen LogP contribution in [0, 0.1) is 12.8 Å². The van der Waals surface area contributed by atoms with Crippen LogP contribution >= 0.6 is 0 Å². The highest BCUT2D eigenvalue weighted by atomic mass is 19.4. The van der Waals surface area contributed by atoms with Gasteiger partial charge in [0.25, 0.3) is 0 Å². The smallest absolute Gasteiger partial charge is 0.425 e. The van der Waals surface area contributed by atoms with Crippen LogP contribution in [0.2, 0.25) is 0 Å². The number of hydrogen-bond donors (Lipinski definition) is 1. The van der Waals surface area contributed by atoms with E-state index < -0.39 is 12.3 Å². The van der Waals surface area contributed by atoms with E-state index >= 15 is 0 Å². The van der Waals surface area contributed by atoms with Crippen molar-refractivity contribution in [3.8, 4) is 5.88 Å². The van der Waals surface area contributed by atoms with E-state index in [1.165, 1.54) is 0 Å². The van der Waals surface area contributed by atoms with E-state index in [0.717, 1.165) is 81.9 Å². The maximum atomic E-state index is 12.8. The minimum Gasteiger partial charge on any atom is -0.465 e. The van der Waals surface area contributed by atoms with E-state index in [2.05, 4.69) is 25.2 Å². The third-order valence-corrected chi connectivity index (χ3v) is 7.43. The first kappa shape index (κ1) is 27.3. The van der Waals surface area contributed by atoms with E-state index in [9.17, 15) is 18.0 Å². The molecule has 1 N–H and O–H groups in total. The molecule has 1 aliphatic carbocycles. The van der Waals surface area contributed by atoms with Gasteiger partial charge in [0.2, 0.25) is 11.8 Å². The molecule has 0 bridgehead atoms. The molecule has 1 saturated carbocycles. The molecule has 37 heavy (non-hydrogen) atoms. The van der Waals surface area contributed by atoms with Crippen LogP contribution in [0.5, 0.6) is 5.88 Å². The number of hydrogen-bond acceptors (Lipinski definition) is 6. The van der Waals surface area contributed by atoms with Crippen LogP contribution in [-0.2, 0) is 24.1 Å². The second-order valence-electron chi connectivity index (χ2n) is 10.3. The number of pyridine rings is 1. The summed E-state index contributed by atoms with van der Waals surface area (Å²) in [6.07, 6.45) is 4.28. The molecule has 0 unspecified atom stereocenters. The highest BCUT2D eigenvalue weighted by Gasteiger charge is 2.38. The molecule has 1 fully saturated rings. The van der Waals surface area contributed by atoms with Crippen LogP contribution in [0.3, 0.4) is 0 Å². The molecule has 1 amide bonds. The van der Waals surface area contributed by atoms with Crippen LogP contribution < -0.4 is 10.1 Å². The SMILES string of the molecule is Cc1ncc(CC(=O)N[C@H]2CC[C@H](CCN3CCc4ccc(O[C@H](C)C(F)(F)F)nc4CC3)CC2)cn1. The Morgan fingerprint density at radius 1 is 1.14 bits per heavy atom. The minimum atomic E-state index is -4.41. The summed E-state index contributed by atoms with van der Waals surface area (Å²) in [6.45, 7) is 5.57. The standard InChI is InChI=1S/C27H36F3N5O2/c1-18(27(28,29)30)37-26-8-5-22-10-13-35(14-11-24(22)34-26)12-9-20-3-6-23(7-4-20)33-25(36)15-21-16-31-19(2)32-17-21/h5,8,16-18,20,23H,3-4,6-7,9-15H2,1-2H3,(H,33,36)/t18-,20-,23-/m1/s1. The number of ether oxygens (including phenoxy) is 1. The molecule has 2 aliphatic rings. The number of aromatic nitrogens is 3. The number of carbonyl (C=O) groups is 1. The second-order valence-corrected chi connectivity index (χ2v) is 10.3. The van der Waals surface area contributed by atoms with Gasteiger partial charge < -0.3 is 15.0 Å². The molecule has 0 spiro atoms. The first-order valence-corrected chi connectivity index (χ1v) is 13.2. The number of alkyl halides is 3. The average molecular weight is 520 g/mol. The fraction of sp³-hybridized carbons (Fsp3) is 0.630. The Hall–Kier alpha value is -2.75. The molecule has 0 aromatic carbocycles. The summed E-state index contributed by atoms with van der Waals surface area (Å²) in [5, 5.41) is 3.17. The number of aryl methyl sites for hydroxylation is 1. The topological polar surface area (TPSA) is 80.2 Å². The number of nitrogens with zero attached hydrogens (tertiary/aromatic N) is 4. The van der Waals surface area contributed by atoms with Gasteiger partial charge in [0.1, 0.15) is 5.82 Å². The molecule has 3 heterocycles. The van der Waals surface area contributed by atoms with Crippen molar-refractivity contribution in [3.05, 3.63) is 47.2 Å². The lowest BCUT2D eigenvalue weighted by Gasteiger charge is -2.30. The molecule has 10 heteroatoms. The largest absolute Gasteiger partial charge is 0.465 e. The fourth-order valence-corrected chi connectivity index (χ4v) is 5.08. The van der Waals surface area contributed by atoms with Gasteiger partial charge in [-0.3, -0.25) is 4.79 Å². The van der Waals surface area contributed by atoms with Crippen molar-refractivity contribution in [3.63, 3.8) is 0 Å². The van der Waals surface area contributed by atoms with Gasteiger partial charge in [-0.1, -0.05) is 6.07 Å². The van der Waals surface area contributed by atoms with Crippen LogP contribution in [0.25, 0.3) is 0 Å². The Morgan fingerprint density at radius 3 is 2.54 bits per heavy atom. The van der Waals surface area contributed by atoms with E-state index in [4.69, 9.17) is 4.74 Å². The Kier molecular flexibility index (Phi) is 9.00. The second kappa shape index (κ2) is 12.2. The zero-order valence-electron chi connectivity index (χ0n) is 21.6. The Morgan fingerprint density at radius 2 is 1.84 bits per heavy atom. The van der Waals surface area contributed by atoms with Crippen LogP contribution in [0.1, 0.15) is 61.7 Å². The predicted molar refractivity (Wildman–Crippen MR) is 133 cm³/mol. The van der Waals surface area contributed by atoms with Crippen LogP contribution in [0.15, 0.2) is 24.5 Å². The van der Waals surface area contributed by atoms with Gasteiger partial charge >= 0.3 is 6.18 Å². The van der Waals surface area contributed by atoms with E-state index in [0.29, 0.717) is 24.6 Å². The van der Waals surface area contributed by atoms with Gasteiger partial charge in [-0.05, 0) is 76.0 Å². The lowest BCUT2D eigenvalue weighted by molar-refractivity contribution is -0.190. The third-order valence-electron chi connectivity index (χ3n) is 7.43. The number of rotatable bonds is 8. The summed E-state index contributed by atoms with van der Waals surface area (Å²) < 4.78 is 43.5. The van der Waals surface area contributed by atoms with Crippen molar-refractivity contribution in [2.24, 2.45) is 5.92 Å². The van der Waals surface area contributed by atoms with Gasteiger partial charge in [0.15, 0.2) is 6.10 Å². The zero-order chi connectivity index (χ0) is 26.4. The molecular weight excluding hydrogens is 483 g/mol. The van der Waals surface area contributed by atoms with E-state index in [1.54, 1.807) is 18.5 Å². The van der Waals surface area contributed by atoms with Crippen molar-refractivity contribution in [1.29, 1.82) is 0 Å². The monoisotopic (exact) mass is 519 g/mol. The summed E-state index contributed by atoms with van der Waals surface area (Å²) in [4.78, 5) is 27.5. The highest BCUT2D eigenvalue weighted by Crippen LogP contribution is 2.28. The Bertz CT molecular complexity index is 1040. The summed E-state index contributed by atoms with van der Waals surface area (Å²) in [6, 6.07) is 3.62. The molecule has 2 aromatic rings. The zero-order valence-corrected chi connectivity index (χ0v) is 21.6. The van der Waals surface area contributed by atoms with E-state index in [1.807, 2.05) is 13.0 Å². The van der Waals surface area contributed by atoms with Gasteiger partial charge in [-0.25, -0.2) is 15.0 Å².